The van der Waals surface area contributed by atoms with Crippen molar-refractivity contribution in [2.75, 3.05) is 26.1 Å². The first kappa shape index (κ1) is 24.2. The molecule has 0 radical (unpaired) electrons. The lowest BCUT2D eigenvalue weighted by Gasteiger charge is -2.17. The first-order valence-electron chi connectivity index (χ1n) is 10.3. The van der Waals surface area contributed by atoms with Crippen LogP contribution in [0, 0.1) is 13.8 Å². The highest BCUT2D eigenvalue weighted by molar-refractivity contribution is 7.99. The Morgan fingerprint density at radius 2 is 2.06 bits per heavy atom. The molecule has 10 heteroatoms. The number of thioether (sulfide) groups is 1. The summed E-state index contributed by atoms with van der Waals surface area (Å²) in [7, 11) is 1.65. The predicted molar refractivity (Wildman–Crippen MR) is 126 cm³/mol. The quantitative estimate of drug-likeness (QED) is 0.233. The summed E-state index contributed by atoms with van der Waals surface area (Å²) in [6.07, 6.45) is 0. The van der Waals surface area contributed by atoms with Crippen LogP contribution in [0.5, 0.6) is 0 Å². The number of Topliss-reactive ketones (excluding diaryl/α,β-unsaturated/α-hetero) is 1. The number of ketones is 1. The van der Waals surface area contributed by atoms with Gasteiger partial charge < -0.3 is 18.6 Å². The number of hydrogen-bond donors (Lipinski definition) is 0. The monoisotopic (exact) mass is 476 g/mol. The van der Waals surface area contributed by atoms with Gasteiger partial charge in [0.1, 0.15) is 0 Å². The molecule has 3 aromatic heterocycles. The molecule has 0 N–H and O–H groups in total. The number of carbonyl (C=O) groups is 2. The van der Waals surface area contributed by atoms with Gasteiger partial charge in [-0.25, -0.2) is 0 Å². The summed E-state index contributed by atoms with van der Waals surface area (Å²) >= 11 is 2.84. The zero-order chi connectivity index (χ0) is 23.3. The van der Waals surface area contributed by atoms with Gasteiger partial charge in [-0.2, -0.15) is 0 Å². The number of thiophene rings is 1. The van der Waals surface area contributed by atoms with E-state index in [0.29, 0.717) is 23.9 Å². The third-order valence-electron chi connectivity index (χ3n) is 5.09. The molecule has 0 bridgehead atoms. The second-order valence-corrected chi connectivity index (χ2v) is 9.25. The summed E-state index contributed by atoms with van der Waals surface area (Å²) in [5.74, 6) is 0.156. The van der Waals surface area contributed by atoms with E-state index in [-0.39, 0.29) is 24.2 Å². The lowest BCUT2D eigenvalue weighted by molar-refractivity contribution is -0.139. The summed E-state index contributed by atoms with van der Waals surface area (Å²) in [5, 5.41) is 11.1. The molecule has 0 amide bonds. The standard InChI is InChI=1S/C22H28N4O4S2/c1-6-25-21(19-8-7-9-31-19)23-24-22(25)32-13-20(28)30-12-18(27)17-10-14(2)26(16(17)4)15(3)11-29-5/h7-10,15H,6,11-13H2,1-5H3. The number of nitrogens with zero attached hydrogens (tertiary/aromatic N) is 4. The van der Waals surface area contributed by atoms with E-state index < -0.39 is 5.97 Å². The van der Waals surface area contributed by atoms with Crippen LogP contribution >= 0.6 is 23.1 Å². The topological polar surface area (TPSA) is 88.2 Å². The normalized spacial score (nSPS) is 12.2. The Hall–Kier alpha value is -2.43. The van der Waals surface area contributed by atoms with Crippen LogP contribution in [-0.2, 0) is 20.8 Å². The first-order chi connectivity index (χ1) is 15.4. The molecule has 3 rings (SSSR count). The summed E-state index contributed by atoms with van der Waals surface area (Å²) in [5.41, 5.74) is 2.38. The average Bonchev–Trinajstić information content (AvgIpc) is 3.49. The van der Waals surface area contributed by atoms with Crippen LogP contribution in [0.1, 0.15) is 41.6 Å². The van der Waals surface area contributed by atoms with E-state index in [2.05, 4.69) is 14.8 Å². The van der Waals surface area contributed by atoms with Gasteiger partial charge in [-0.15, -0.1) is 21.5 Å². The Morgan fingerprint density at radius 3 is 2.72 bits per heavy atom. The second kappa shape index (κ2) is 10.9. The molecule has 3 aromatic rings. The molecule has 8 nitrogen and oxygen atoms in total. The van der Waals surface area contributed by atoms with Gasteiger partial charge in [-0.3, -0.25) is 9.59 Å². The number of rotatable bonds is 11. The fourth-order valence-electron chi connectivity index (χ4n) is 3.71. The van der Waals surface area contributed by atoms with E-state index >= 15 is 0 Å². The molecule has 1 atom stereocenters. The maximum absolute atomic E-state index is 12.7. The number of methoxy groups -OCH3 is 1. The molecule has 0 aliphatic rings. The smallest absolute Gasteiger partial charge is 0.316 e. The molecule has 0 saturated carbocycles. The van der Waals surface area contributed by atoms with Crippen molar-refractivity contribution in [2.45, 2.75) is 45.4 Å². The van der Waals surface area contributed by atoms with Crippen molar-refractivity contribution in [1.29, 1.82) is 0 Å². The SMILES string of the molecule is CCn1c(SCC(=O)OCC(=O)c2cc(C)n(C(C)COC)c2C)nnc1-c1cccs1. The van der Waals surface area contributed by atoms with Crippen molar-refractivity contribution in [3.63, 3.8) is 0 Å². The third-order valence-corrected chi connectivity index (χ3v) is 6.90. The molecule has 0 aliphatic carbocycles. The average molecular weight is 477 g/mol. The van der Waals surface area contributed by atoms with Gasteiger partial charge in [-0.1, -0.05) is 17.8 Å². The number of aryl methyl sites for hydroxylation is 1. The molecular weight excluding hydrogens is 448 g/mol. The summed E-state index contributed by atoms with van der Waals surface area (Å²) < 4.78 is 14.5. The van der Waals surface area contributed by atoms with Crippen LogP contribution in [0.15, 0.2) is 28.7 Å². The van der Waals surface area contributed by atoms with Crippen LogP contribution in [0.3, 0.4) is 0 Å². The Morgan fingerprint density at radius 1 is 1.28 bits per heavy atom. The predicted octanol–water partition coefficient (Wildman–Crippen LogP) is 4.17. The zero-order valence-electron chi connectivity index (χ0n) is 19.0. The lowest BCUT2D eigenvalue weighted by Crippen LogP contribution is -2.17. The number of ether oxygens (including phenoxy) is 2. The third kappa shape index (κ3) is 5.31. The number of hydrogen-bond acceptors (Lipinski definition) is 8. The highest BCUT2D eigenvalue weighted by Crippen LogP contribution is 2.27. The van der Waals surface area contributed by atoms with Crippen LogP contribution in [-0.4, -0.2) is 57.2 Å². The molecule has 0 spiro atoms. The molecular formula is C22H28N4O4S2. The summed E-state index contributed by atoms with van der Waals surface area (Å²) in [4.78, 5) is 26.0. The van der Waals surface area contributed by atoms with E-state index in [1.807, 2.05) is 55.8 Å². The molecule has 0 aromatic carbocycles. The van der Waals surface area contributed by atoms with Crippen molar-refractivity contribution in [3.05, 3.63) is 40.5 Å². The minimum absolute atomic E-state index is 0.0553. The molecule has 0 saturated heterocycles. The Balaban J connectivity index is 1.57. The van der Waals surface area contributed by atoms with Crippen molar-refractivity contribution >= 4 is 34.9 Å². The van der Waals surface area contributed by atoms with Gasteiger partial charge in [0.25, 0.3) is 0 Å². The molecule has 3 heterocycles. The lowest BCUT2D eigenvalue weighted by atomic mass is 10.1. The number of carbonyl (C=O) groups excluding carboxylic acids is 2. The van der Waals surface area contributed by atoms with Gasteiger partial charge in [0.05, 0.1) is 23.3 Å². The van der Waals surface area contributed by atoms with E-state index in [9.17, 15) is 9.59 Å². The van der Waals surface area contributed by atoms with E-state index in [1.165, 1.54) is 11.8 Å². The molecule has 32 heavy (non-hydrogen) atoms. The van der Waals surface area contributed by atoms with E-state index in [1.54, 1.807) is 18.4 Å². The highest BCUT2D eigenvalue weighted by atomic mass is 32.2. The van der Waals surface area contributed by atoms with Gasteiger partial charge in [0, 0.05) is 30.6 Å². The molecule has 0 fully saturated rings. The van der Waals surface area contributed by atoms with Gasteiger partial charge in [0.2, 0.25) is 5.78 Å². The minimum atomic E-state index is -0.465. The van der Waals surface area contributed by atoms with Gasteiger partial charge in [-0.05, 0) is 45.2 Å². The minimum Gasteiger partial charge on any atom is -0.457 e. The van der Waals surface area contributed by atoms with E-state index in [0.717, 1.165) is 22.1 Å². The maximum Gasteiger partial charge on any atom is 0.316 e. The van der Waals surface area contributed by atoms with E-state index in [4.69, 9.17) is 9.47 Å². The van der Waals surface area contributed by atoms with Crippen LogP contribution < -0.4 is 0 Å². The summed E-state index contributed by atoms with van der Waals surface area (Å²) in [6, 6.07) is 5.89. The van der Waals surface area contributed by atoms with Crippen molar-refractivity contribution < 1.29 is 19.1 Å². The molecule has 1 unspecified atom stereocenters. The number of aromatic nitrogens is 4. The Bertz CT molecular complexity index is 1070. The second-order valence-electron chi connectivity index (χ2n) is 7.36. The van der Waals surface area contributed by atoms with Crippen LogP contribution in [0.25, 0.3) is 10.7 Å². The van der Waals surface area contributed by atoms with Crippen LogP contribution in [0.2, 0.25) is 0 Å². The van der Waals surface area contributed by atoms with Crippen molar-refractivity contribution in [1.82, 2.24) is 19.3 Å². The Labute approximate surface area is 195 Å². The fraction of sp³-hybridized carbons (Fsp3) is 0.455. The van der Waals surface area contributed by atoms with Gasteiger partial charge in [0.15, 0.2) is 17.6 Å². The fourth-order valence-corrected chi connectivity index (χ4v) is 5.23. The Kier molecular flexibility index (Phi) is 8.27. The maximum atomic E-state index is 12.7. The first-order valence-corrected chi connectivity index (χ1v) is 12.2. The zero-order valence-corrected chi connectivity index (χ0v) is 20.6. The largest absolute Gasteiger partial charge is 0.457 e. The van der Waals surface area contributed by atoms with Crippen LogP contribution in [0.4, 0.5) is 0 Å². The van der Waals surface area contributed by atoms with Crippen molar-refractivity contribution in [3.8, 4) is 10.7 Å². The molecule has 172 valence electrons. The highest BCUT2D eigenvalue weighted by Gasteiger charge is 2.20. The number of esters is 1. The molecule has 0 aliphatic heterocycles. The van der Waals surface area contributed by atoms with Crippen molar-refractivity contribution in [2.24, 2.45) is 0 Å². The summed E-state index contributed by atoms with van der Waals surface area (Å²) in [6.45, 7) is 8.84. The van der Waals surface area contributed by atoms with Gasteiger partial charge >= 0.3 is 5.97 Å².